The number of esters is 2. The van der Waals surface area contributed by atoms with Crippen LogP contribution in [0.4, 0.5) is 0 Å². The summed E-state index contributed by atoms with van der Waals surface area (Å²) in [6.45, 7) is 10.6. The third-order valence-electron chi connectivity index (χ3n) is 2.74. The van der Waals surface area contributed by atoms with Gasteiger partial charge in [-0.15, -0.1) is 0 Å². The third kappa shape index (κ3) is 4.09. The molecule has 124 valence electrons. The monoisotopic (exact) mass is 318 g/mol. The van der Waals surface area contributed by atoms with Crippen LogP contribution < -0.4 is 0 Å². The van der Waals surface area contributed by atoms with Crippen LogP contribution in [0.2, 0.25) is 0 Å². The fourth-order valence-electron chi connectivity index (χ4n) is 2.00. The van der Waals surface area contributed by atoms with Crippen LogP contribution in [0.15, 0.2) is 24.4 Å². The van der Waals surface area contributed by atoms with Crippen LogP contribution in [-0.2, 0) is 9.47 Å². The summed E-state index contributed by atoms with van der Waals surface area (Å²) in [5.74, 6) is -1.25. The normalized spacial score (nSPS) is 12.3. The van der Waals surface area contributed by atoms with Gasteiger partial charge in [-0.2, -0.15) is 5.10 Å². The molecule has 0 unspecified atom stereocenters. The van der Waals surface area contributed by atoms with Gasteiger partial charge in [-0.05, 0) is 53.7 Å². The Balaban J connectivity index is 2.54. The second-order valence-corrected chi connectivity index (χ2v) is 7.26. The van der Waals surface area contributed by atoms with Crippen molar-refractivity contribution in [2.75, 3.05) is 0 Å². The van der Waals surface area contributed by atoms with E-state index in [-0.39, 0.29) is 11.3 Å². The van der Waals surface area contributed by atoms with Crippen LogP contribution in [0.3, 0.4) is 0 Å². The first-order chi connectivity index (χ1) is 10.5. The van der Waals surface area contributed by atoms with Crippen molar-refractivity contribution < 1.29 is 19.1 Å². The van der Waals surface area contributed by atoms with Gasteiger partial charge in [0.15, 0.2) is 5.69 Å². The summed E-state index contributed by atoms with van der Waals surface area (Å²) in [7, 11) is 0. The molecule has 23 heavy (non-hydrogen) atoms. The predicted octanol–water partition coefficient (Wildman–Crippen LogP) is 3.24. The van der Waals surface area contributed by atoms with Crippen molar-refractivity contribution in [1.29, 1.82) is 0 Å². The average molecular weight is 318 g/mol. The van der Waals surface area contributed by atoms with Gasteiger partial charge in [-0.1, -0.05) is 6.07 Å². The lowest BCUT2D eigenvalue weighted by Gasteiger charge is -2.20. The first-order valence-electron chi connectivity index (χ1n) is 7.42. The number of ether oxygens (including phenoxy) is 2. The minimum absolute atomic E-state index is 0.0413. The van der Waals surface area contributed by atoms with Crippen molar-refractivity contribution in [1.82, 2.24) is 9.61 Å². The molecule has 6 heteroatoms. The predicted molar refractivity (Wildman–Crippen MR) is 85.5 cm³/mol. The van der Waals surface area contributed by atoms with Gasteiger partial charge in [-0.25, -0.2) is 14.1 Å². The number of rotatable bonds is 2. The number of hydrogen-bond donors (Lipinski definition) is 0. The lowest BCUT2D eigenvalue weighted by atomic mass is 10.1. The number of carbonyl (C=O) groups excluding carboxylic acids is 2. The molecule has 2 rings (SSSR count). The Hall–Kier alpha value is -2.37. The zero-order valence-electron chi connectivity index (χ0n) is 14.3. The topological polar surface area (TPSA) is 69.9 Å². The quantitative estimate of drug-likeness (QED) is 0.795. The first kappa shape index (κ1) is 17.0. The Bertz CT molecular complexity index is 748. The van der Waals surface area contributed by atoms with Gasteiger partial charge in [0.25, 0.3) is 0 Å². The molecule has 2 aromatic heterocycles. The van der Waals surface area contributed by atoms with Crippen molar-refractivity contribution in [2.45, 2.75) is 52.7 Å². The molecule has 0 aliphatic heterocycles. The van der Waals surface area contributed by atoms with Crippen LogP contribution in [0, 0.1) is 0 Å². The molecule has 0 aromatic carbocycles. The molecule has 0 aliphatic rings. The molecular formula is C17H22N2O4. The largest absolute Gasteiger partial charge is 0.456 e. The summed E-state index contributed by atoms with van der Waals surface area (Å²) < 4.78 is 12.2. The molecule has 0 bridgehead atoms. The fraction of sp³-hybridized carbons (Fsp3) is 0.471. The van der Waals surface area contributed by atoms with Crippen LogP contribution in [0.1, 0.15) is 62.4 Å². The highest BCUT2D eigenvalue weighted by atomic mass is 16.6. The fourth-order valence-corrected chi connectivity index (χ4v) is 2.00. The average Bonchev–Trinajstić information content (AvgIpc) is 2.73. The zero-order chi connectivity index (χ0) is 17.4. The van der Waals surface area contributed by atoms with Crippen LogP contribution in [0.25, 0.3) is 5.52 Å². The maximum absolute atomic E-state index is 12.5. The summed E-state index contributed by atoms with van der Waals surface area (Å²) in [5, 5.41) is 4.19. The van der Waals surface area contributed by atoms with E-state index in [2.05, 4.69) is 5.10 Å². The number of nitrogens with zero attached hydrogens (tertiary/aromatic N) is 2. The summed E-state index contributed by atoms with van der Waals surface area (Å²) in [5.41, 5.74) is -0.776. The van der Waals surface area contributed by atoms with Gasteiger partial charge in [0.2, 0.25) is 0 Å². The molecule has 0 aliphatic carbocycles. The number of fused-ring (bicyclic) bond motifs is 1. The van der Waals surface area contributed by atoms with E-state index < -0.39 is 23.1 Å². The van der Waals surface area contributed by atoms with Gasteiger partial charge in [0.1, 0.15) is 16.8 Å². The molecule has 0 radical (unpaired) electrons. The van der Waals surface area contributed by atoms with Gasteiger partial charge >= 0.3 is 11.9 Å². The Kier molecular flexibility index (Phi) is 4.20. The van der Waals surface area contributed by atoms with Gasteiger partial charge in [0.05, 0.1) is 5.52 Å². The summed E-state index contributed by atoms with van der Waals surface area (Å²) >= 11 is 0. The molecule has 0 saturated carbocycles. The number of carbonyl (C=O) groups is 2. The molecule has 0 atom stereocenters. The smallest absolute Gasteiger partial charge is 0.360 e. The lowest BCUT2D eigenvalue weighted by molar-refractivity contribution is 0.00165. The molecule has 0 fully saturated rings. The van der Waals surface area contributed by atoms with Crippen LogP contribution in [0.5, 0.6) is 0 Å². The van der Waals surface area contributed by atoms with E-state index in [1.165, 1.54) is 4.52 Å². The number of hydrogen-bond acceptors (Lipinski definition) is 5. The second-order valence-electron chi connectivity index (χ2n) is 7.26. The zero-order valence-corrected chi connectivity index (χ0v) is 14.3. The SMILES string of the molecule is CC(C)(C)OC(=O)c1nn2ccccc2c1C(=O)OC(C)(C)C. The molecule has 0 spiro atoms. The van der Waals surface area contributed by atoms with E-state index in [1.54, 1.807) is 65.9 Å². The molecule has 0 saturated heterocycles. The number of aromatic nitrogens is 2. The molecule has 0 N–H and O–H groups in total. The minimum atomic E-state index is -0.682. The van der Waals surface area contributed by atoms with E-state index in [9.17, 15) is 9.59 Å². The second kappa shape index (κ2) is 5.68. The highest BCUT2D eigenvalue weighted by Crippen LogP contribution is 2.22. The van der Waals surface area contributed by atoms with Crippen LogP contribution in [-0.4, -0.2) is 32.8 Å². The maximum atomic E-state index is 12.5. The highest BCUT2D eigenvalue weighted by Gasteiger charge is 2.31. The van der Waals surface area contributed by atoms with Gasteiger partial charge in [0, 0.05) is 6.20 Å². The van der Waals surface area contributed by atoms with E-state index in [4.69, 9.17) is 9.47 Å². The standard InChI is InChI=1S/C17H22N2O4/c1-16(2,3)22-14(20)12-11-9-7-8-10-19(11)18-13(12)15(21)23-17(4,5)6/h7-10H,1-6H3. The van der Waals surface area contributed by atoms with E-state index in [1.807, 2.05) is 0 Å². The molecule has 2 heterocycles. The highest BCUT2D eigenvalue weighted by molar-refractivity contribution is 6.07. The van der Waals surface area contributed by atoms with E-state index in [0.717, 1.165) is 0 Å². The molecule has 0 amide bonds. The Morgan fingerprint density at radius 3 is 2.09 bits per heavy atom. The Morgan fingerprint density at radius 2 is 1.52 bits per heavy atom. The minimum Gasteiger partial charge on any atom is -0.456 e. The lowest BCUT2D eigenvalue weighted by Crippen LogP contribution is -2.27. The van der Waals surface area contributed by atoms with E-state index >= 15 is 0 Å². The first-order valence-corrected chi connectivity index (χ1v) is 7.42. The van der Waals surface area contributed by atoms with Crippen molar-refractivity contribution in [3.63, 3.8) is 0 Å². The van der Waals surface area contributed by atoms with Crippen LogP contribution >= 0.6 is 0 Å². The van der Waals surface area contributed by atoms with Crippen molar-refractivity contribution in [2.24, 2.45) is 0 Å². The summed E-state index contributed by atoms with van der Waals surface area (Å²) in [6.07, 6.45) is 1.66. The Morgan fingerprint density at radius 1 is 0.957 bits per heavy atom. The Labute approximate surface area is 135 Å². The third-order valence-corrected chi connectivity index (χ3v) is 2.74. The van der Waals surface area contributed by atoms with Crippen molar-refractivity contribution in [3.05, 3.63) is 35.7 Å². The van der Waals surface area contributed by atoms with Gasteiger partial charge < -0.3 is 9.47 Å². The van der Waals surface area contributed by atoms with E-state index in [0.29, 0.717) is 5.52 Å². The van der Waals surface area contributed by atoms with Crippen molar-refractivity contribution >= 4 is 17.5 Å². The van der Waals surface area contributed by atoms with Gasteiger partial charge in [-0.3, -0.25) is 0 Å². The molecule has 2 aromatic rings. The maximum Gasteiger partial charge on any atom is 0.360 e. The molecular weight excluding hydrogens is 296 g/mol. The molecule has 6 nitrogen and oxygen atoms in total. The summed E-state index contributed by atoms with van der Waals surface area (Å²) in [4.78, 5) is 25.0. The summed E-state index contributed by atoms with van der Waals surface area (Å²) in [6, 6.07) is 5.24. The van der Waals surface area contributed by atoms with Crippen molar-refractivity contribution in [3.8, 4) is 0 Å². The number of pyridine rings is 1.